The quantitative estimate of drug-likeness (QED) is 0.295. The summed E-state index contributed by atoms with van der Waals surface area (Å²) in [6.07, 6.45) is -4.66. The average Bonchev–Trinajstić information content (AvgIpc) is 3.35. The molecule has 1 amide bonds. The first-order valence-electron chi connectivity index (χ1n) is 11.6. The van der Waals surface area contributed by atoms with E-state index in [1.54, 1.807) is 12.1 Å². The summed E-state index contributed by atoms with van der Waals surface area (Å²) in [5.74, 6) is 0.583. The van der Waals surface area contributed by atoms with Crippen LogP contribution in [-0.2, 0) is 6.18 Å². The van der Waals surface area contributed by atoms with Gasteiger partial charge in [0.05, 0.1) is 5.56 Å². The molecule has 1 unspecified atom stereocenters. The molecule has 7 nitrogen and oxygen atoms in total. The minimum absolute atomic E-state index is 0.121. The van der Waals surface area contributed by atoms with Crippen molar-refractivity contribution in [3.05, 3.63) is 88.5 Å². The Balaban J connectivity index is 1.53. The van der Waals surface area contributed by atoms with Gasteiger partial charge in [-0.2, -0.15) is 13.2 Å². The van der Waals surface area contributed by atoms with E-state index in [0.717, 1.165) is 34.4 Å². The van der Waals surface area contributed by atoms with E-state index in [1.807, 2.05) is 52.0 Å². The Morgan fingerprint density at radius 2 is 1.59 bits per heavy atom. The number of anilines is 1. The smallest absolute Gasteiger partial charge is 0.416 e. The zero-order valence-corrected chi connectivity index (χ0v) is 20.7. The summed E-state index contributed by atoms with van der Waals surface area (Å²) in [6, 6.07) is 16.1. The molecule has 0 aliphatic carbocycles. The molecule has 4 aromatic rings. The van der Waals surface area contributed by atoms with Crippen molar-refractivity contribution in [2.45, 2.75) is 40.0 Å². The first-order chi connectivity index (χ1) is 17.5. The second-order valence-electron chi connectivity index (χ2n) is 9.12. The van der Waals surface area contributed by atoms with Crippen molar-refractivity contribution in [2.75, 3.05) is 5.32 Å². The summed E-state index contributed by atoms with van der Waals surface area (Å²) in [4.78, 5) is 12.4. The lowest BCUT2D eigenvalue weighted by Gasteiger charge is -2.24. The van der Waals surface area contributed by atoms with Crippen molar-refractivity contribution in [3.8, 4) is 16.9 Å². The number of nitrogens with one attached hydrogen (secondary N) is 2. The van der Waals surface area contributed by atoms with Crippen molar-refractivity contribution < 1.29 is 22.7 Å². The Bertz CT molecular complexity index is 1340. The lowest BCUT2D eigenvalue weighted by atomic mass is 9.94. The monoisotopic (exact) mass is 509 g/mol. The van der Waals surface area contributed by atoms with Crippen LogP contribution in [0.5, 0.6) is 5.75 Å². The maximum Gasteiger partial charge on any atom is 0.416 e. The molecule has 10 heteroatoms. The molecule has 1 heterocycles. The average molecular weight is 510 g/mol. The zero-order chi connectivity index (χ0) is 26.7. The number of hydrogen-bond acceptors (Lipinski definition) is 5. The maximum atomic E-state index is 13.0. The molecule has 0 fully saturated rings. The van der Waals surface area contributed by atoms with Crippen molar-refractivity contribution >= 4 is 11.9 Å². The number of aryl methyl sites for hydroxylation is 2. The van der Waals surface area contributed by atoms with Gasteiger partial charge in [-0.15, -0.1) is 0 Å². The number of nitrogens with zero attached hydrogens (tertiary/aromatic N) is 3. The zero-order valence-electron chi connectivity index (χ0n) is 20.7. The summed E-state index contributed by atoms with van der Waals surface area (Å²) in [7, 11) is 0. The van der Waals surface area contributed by atoms with Gasteiger partial charge < -0.3 is 4.74 Å². The summed E-state index contributed by atoms with van der Waals surface area (Å²) in [5.41, 5.74) is 4.04. The van der Waals surface area contributed by atoms with Crippen LogP contribution in [0.15, 0.2) is 60.7 Å². The number of halogens is 3. The van der Waals surface area contributed by atoms with Crippen molar-refractivity contribution in [1.29, 1.82) is 0 Å². The summed E-state index contributed by atoms with van der Waals surface area (Å²) >= 11 is 0. The number of hydrogen-bond donors (Lipinski definition) is 2. The predicted molar refractivity (Wildman–Crippen MR) is 133 cm³/mol. The van der Waals surface area contributed by atoms with Crippen LogP contribution in [0, 0.1) is 19.8 Å². The van der Waals surface area contributed by atoms with Crippen LogP contribution in [0.3, 0.4) is 0 Å². The Hall–Kier alpha value is -4.21. The summed E-state index contributed by atoms with van der Waals surface area (Å²) < 4.78 is 45.2. The fourth-order valence-electron chi connectivity index (χ4n) is 4.22. The normalized spacial score (nSPS) is 12.4. The number of ether oxygens (including phenoxy) is 1. The van der Waals surface area contributed by atoms with Crippen LogP contribution in [-0.4, -0.2) is 26.5 Å². The molecule has 3 aromatic carbocycles. The number of H-pyrrole nitrogens is 1. The van der Waals surface area contributed by atoms with Crippen LogP contribution in [0.2, 0.25) is 0 Å². The first-order valence-corrected chi connectivity index (χ1v) is 11.6. The minimum atomic E-state index is -4.37. The van der Waals surface area contributed by atoms with Gasteiger partial charge in [-0.25, -0.2) is 5.10 Å². The number of alkyl halides is 3. The lowest BCUT2D eigenvalue weighted by Crippen LogP contribution is -2.16. The van der Waals surface area contributed by atoms with E-state index in [2.05, 4.69) is 25.9 Å². The van der Waals surface area contributed by atoms with Gasteiger partial charge in [-0.3, -0.25) is 10.1 Å². The van der Waals surface area contributed by atoms with Crippen LogP contribution < -0.4 is 10.1 Å². The highest BCUT2D eigenvalue weighted by Crippen LogP contribution is 2.36. The van der Waals surface area contributed by atoms with E-state index in [9.17, 15) is 18.0 Å². The van der Waals surface area contributed by atoms with Crippen LogP contribution in [0.1, 0.15) is 52.6 Å². The van der Waals surface area contributed by atoms with Gasteiger partial charge in [0.2, 0.25) is 5.95 Å². The number of carbonyl (C=O) groups is 1. The van der Waals surface area contributed by atoms with Crippen LogP contribution in [0.25, 0.3) is 11.1 Å². The van der Waals surface area contributed by atoms with Gasteiger partial charge in [0.1, 0.15) is 11.9 Å². The minimum Gasteiger partial charge on any atom is -0.485 e. The van der Waals surface area contributed by atoms with E-state index >= 15 is 0 Å². The molecule has 192 valence electrons. The highest BCUT2D eigenvalue weighted by molar-refractivity contribution is 6.03. The van der Waals surface area contributed by atoms with Crippen LogP contribution in [0.4, 0.5) is 19.1 Å². The Morgan fingerprint density at radius 3 is 2.11 bits per heavy atom. The van der Waals surface area contributed by atoms with E-state index in [4.69, 9.17) is 4.74 Å². The highest BCUT2D eigenvalue weighted by Gasteiger charge is 2.30. The molecule has 0 aliphatic rings. The molecular weight excluding hydrogens is 483 g/mol. The van der Waals surface area contributed by atoms with Crippen LogP contribution >= 0.6 is 0 Å². The third-order valence-electron chi connectivity index (χ3n) is 5.95. The van der Waals surface area contributed by atoms with Gasteiger partial charge in [0.15, 0.2) is 0 Å². The Kier molecular flexibility index (Phi) is 7.28. The van der Waals surface area contributed by atoms with E-state index in [0.29, 0.717) is 16.9 Å². The van der Waals surface area contributed by atoms with E-state index < -0.39 is 11.7 Å². The number of amides is 1. The lowest BCUT2D eigenvalue weighted by molar-refractivity contribution is -0.137. The molecule has 1 aromatic heterocycles. The molecule has 37 heavy (non-hydrogen) atoms. The molecule has 0 spiro atoms. The SMILES string of the molecule is Cc1cc(OC(c2ccc(C(=O)Nc3nnn[nH]3)cc2)C(C)C)cc(C)c1-c1ccc(C(F)(F)F)cc1. The van der Waals surface area contributed by atoms with Crippen molar-refractivity contribution in [2.24, 2.45) is 5.92 Å². The van der Waals surface area contributed by atoms with Gasteiger partial charge in [0.25, 0.3) is 5.91 Å². The second kappa shape index (κ2) is 10.4. The van der Waals surface area contributed by atoms with Crippen molar-refractivity contribution in [1.82, 2.24) is 20.6 Å². The van der Waals surface area contributed by atoms with Gasteiger partial charge in [0, 0.05) is 5.56 Å². The Morgan fingerprint density at radius 1 is 0.973 bits per heavy atom. The van der Waals surface area contributed by atoms with Gasteiger partial charge in [-0.05, 0) is 94.4 Å². The topological polar surface area (TPSA) is 92.8 Å². The summed E-state index contributed by atoms with van der Waals surface area (Å²) in [6.45, 7) is 7.90. The number of aromatic nitrogens is 4. The molecule has 1 atom stereocenters. The second-order valence-corrected chi connectivity index (χ2v) is 9.12. The van der Waals surface area contributed by atoms with E-state index in [-0.39, 0.29) is 23.9 Å². The first kappa shape index (κ1) is 25.9. The van der Waals surface area contributed by atoms with Gasteiger partial charge in [-0.1, -0.05) is 43.2 Å². The molecule has 4 rings (SSSR count). The standard InChI is InChI=1S/C27H26F3N5O2/c1-15(2)24(19-5-7-20(8-6-19)25(36)31-26-32-34-35-33-26)37-22-13-16(3)23(17(4)14-22)18-9-11-21(12-10-18)27(28,29)30/h5-15,24H,1-4H3,(H2,31,32,33,34,35,36). The number of tetrazole rings is 1. The fraction of sp³-hybridized carbons (Fsp3) is 0.259. The largest absolute Gasteiger partial charge is 0.485 e. The third kappa shape index (κ3) is 5.96. The summed E-state index contributed by atoms with van der Waals surface area (Å²) in [5, 5.41) is 15.5. The number of aromatic amines is 1. The Labute approximate surface area is 212 Å². The van der Waals surface area contributed by atoms with Crippen molar-refractivity contribution in [3.63, 3.8) is 0 Å². The molecule has 0 aliphatic heterocycles. The van der Waals surface area contributed by atoms with Gasteiger partial charge >= 0.3 is 6.18 Å². The van der Waals surface area contributed by atoms with E-state index in [1.165, 1.54) is 12.1 Å². The number of carbonyl (C=O) groups excluding carboxylic acids is 1. The fourth-order valence-corrected chi connectivity index (χ4v) is 4.22. The maximum absolute atomic E-state index is 13.0. The molecule has 0 saturated heterocycles. The number of benzene rings is 3. The third-order valence-corrected chi connectivity index (χ3v) is 5.95. The number of rotatable bonds is 7. The molecule has 0 radical (unpaired) electrons. The molecule has 2 N–H and O–H groups in total. The highest BCUT2D eigenvalue weighted by atomic mass is 19.4. The molecular formula is C27H26F3N5O2. The predicted octanol–water partition coefficient (Wildman–Crippen LogP) is 6.53. The molecule has 0 saturated carbocycles. The molecule has 0 bridgehead atoms.